The van der Waals surface area contributed by atoms with Crippen LogP contribution in [0.25, 0.3) is 0 Å². The number of hydrogen-bond donors (Lipinski definition) is 0. The van der Waals surface area contributed by atoms with Gasteiger partial charge in [-0.3, -0.25) is 0 Å². The van der Waals surface area contributed by atoms with Gasteiger partial charge >= 0.3 is 0 Å². The average molecular weight is 664 g/mol. The summed E-state index contributed by atoms with van der Waals surface area (Å²) in [5, 5.41) is 0. The molecule has 0 aromatic rings. The summed E-state index contributed by atoms with van der Waals surface area (Å²) in [7, 11) is 0. The van der Waals surface area contributed by atoms with E-state index in [1.54, 1.807) is 0 Å². The van der Waals surface area contributed by atoms with Crippen LogP contribution >= 0.6 is 0 Å². The smallest absolute Gasteiger partial charge is 0.0473 e. The molecule has 3 aliphatic carbocycles. The van der Waals surface area contributed by atoms with Gasteiger partial charge in [-0.05, 0) is 106 Å². The molecule has 48 heavy (non-hydrogen) atoms. The summed E-state index contributed by atoms with van der Waals surface area (Å²) in [6.07, 6.45) is 47.6. The Morgan fingerprint density at radius 3 is 1.94 bits per heavy atom. The first-order valence-electron chi connectivity index (χ1n) is 21.3. The third-order valence-corrected chi connectivity index (χ3v) is 10.4. The summed E-state index contributed by atoms with van der Waals surface area (Å²) in [6, 6.07) is 0.490. The monoisotopic (exact) mass is 664 g/mol. The van der Waals surface area contributed by atoms with Crippen molar-refractivity contribution in [3.63, 3.8) is 0 Å². The fourth-order valence-electron chi connectivity index (χ4n) is 7.40. The van der Waals surface area contributed by atoms with Crippen molar-refractivity contribution in [1.82, 2.24) is 4.90 Å². The van der Waals surface area contributed by atoms with E-state index in [1.807, 2.05) is 27.7 Å². The van der Waals surface area contributed by atoms with Crippen LogP contribution in [0.3, 0.4) is 0 Å². The highest BCUT2D eigenvalue weighted by atomic mass is 15.2. The van der Waals surface area contributed by atoms with Gasteiger partial charge in [0.25, 0.3) is 0 Å². The molecule has 7 atom stereocenters. The molecule has 3 aliphatic rings. The van der Waals surface area contributed by atoms with Crippen molar-refractivity contribution in [3.05, 3.63) is 72.5 Å². The van der Waals surface area contributed by atoms with Crippen LogP contribution in [0.4, 0.5) is 0 Å². The molecule has 7 unspecified atom stereocenters. The third-order valence-electron chi connectivity index (χ3n) is 10.4. The van der Waals surface area contributed by atoms with E-state index in [9.17, 15) is 0 Å². The zero-order valence-corrected chi connectivity index (χ0v) is 34.4. The molecule has 0 spiro atoms. The highest BCUT2D eigenvalue weighted by Gasteiger charge is 2.26. The van der Waals surface area contributed by atoms with Crippen molar-refractivity contribution in [2.45, 2.75) is 185 Å². The summed E-state index contributed by atoms with van der Waals surface area (Å²) in [5.74, 6) is 4.41. The predicted molar refractivity (Wildman–Crippen MR) is 222 cm³/mol. The topological polar surface area (TPSA) is 3.24 Å². The Morgan fingerprint density at radius 2 is 1.42 bits per heavy atom. The molecule has 278 valence electrons. The maximum atomic E-state index is 2.73. The lowest BCUT2D eigenvalue weighted by atomic mass is 9.75. The Bertz CT molecular complexity index is 894. The van der Waals surface area contributed by atoms with Gasteiger partial charge in [-0.2, -0.15) is 0 Å². The van der Waals surface area contributed by atoms with Gasteiger partial charge in [0.15, 0.2) is 0 Å². The van der Waals surface area contributed by atoms with Gasteiger partial charge in [0, 0.05) is 18.3 Å². The van der Waals surface area contributed by atoms with Crippen LogP contribution in [0.2, 0.25) is 0 Å². The van der Waals surface area contributed by atoms with E-state index < -0.39 is 0 Å². The highest BCUT2D eigenvalue weighted by Crippen LogP contribution is 2.34. The van der Waals surface area contributed by atoms with Crippen molar-refractivity contribution in [2.75, 3.05) is 6.54 Å². The van der Waals surface area contributed by atoms with E-state index in [4.69, 9.17) is 0 Å². The normalized spacial score (nSPS) is 22.2. The number of unbranched alkanes of at least 4 members (excludes halogenated alkanes) is 3. The second kappa shape index (κ2) is 31.2. The molecule has 0 aromatic heterocycles. The van der Waals surface area contributed by atoms with Crippen molar-refractivity contribution in [1.29, 1.82) is 0 Å². The first-order chi connectivity index (χ1) is 23.4. The van der Waals surface area contributed by atoms with Crippen LogP contribution in [0, 0.1) is 35.5 Å². The van der Waals surface area contributed by atoms with Gasteiger partial charge < -0.3 is 4.90 Å². The van der Waals surface area contributed by atoms with Gasteiger partial charge in [0.1, 0.15) is 0 Å². The minimum atomic E-state index is 0.490. The zero-order chi connectivity index (χ0) is 36.0. The van der Waals surface area contributed by atoms with Gasteiger partial charge in [0.05, 0.1) is 0 Å². The second-order valence-corrected chi connectivity index (χ2v) is 14.3. The van der Waals surface area contributed by atoms with Crippen LogP contribution in [0.1, 0.15) is 179 Å². The summed E-state index contributed by atoms with van der Waals surface area (Å²) in [4.78, 5) is 2.73. The van der Waals surface area contributed by atoms with E-state index in [1.165, 1.54) is 95.6 Å². The van der Waals surface area contributed by atoms with E-state index in [0.29, 0.717) is 17.9 Å². The van der Waals surface area contributed by atoms with Crippen molar-refractivity contribution in [3.8, 4) is 0 Å². The lowest BCUT2D eigenvalue weighted by molar-refractivity contribution is 0.223. The molecule has 0 aliphatic heterocycles. The van der Waals surface area contributed by atoms with Crippen LogP contribution in [-0.2, 0) is 0 Å². The van der Waals surface area contributed by atoms with Crippen molar-refractivity contribution in [2.24, 2.45) is 35.5 Å². The zero-order valence-electron chi connectivity index (χ0n) is 34.4. The second-order valence-electron chi connectivity index (χ2n) is 14.3. The number of hydrogen-bond acceptors (Lipinski definition) is 1. The summed E-state index contributed by atoms with van der Waals surface area (Å²) >= 11 is 0. The lowest BCUT2D eigenvalue weighted by Crippen LogP contribution is -2.38. The van der Waals surface area contributed by atoms with E-state index in [0.717, 1.165) is 43.1 Å². The Labute approximate surface area is 303 Å². The van der Waals surface area contributed by atoms with Crippen LogP contribution in [0.5, 0.6) is 0 Å². The average Bonchev–Trinajstić information content (AvgIpc) is 3.85. The molecule has 1 heteroatoms. The van der Waals surface area contributed by atoms with Gasteiger partial charge in [-0.1, -0.05) is 175 Å². The van der Waals surface area contributed by atoms with E-state index in [2.05, 4.69) is 120 Å². The molecule has 0 heterocycles. The Morgan fingerprint density at radius 1 is 0.771 bits per heavy atom. The minimum Gasteiger partial charge on any atom is -0.365 e. The molecular formula is C47H85N. The van der Waals surface area contributed by atoms with Gasteiger partial charge in [-0.25, -0.2) is 0 Å². The van der Waals surface area contributed by atoms with E-state index >= 15 is 0 Å². The maximum absolute atomic E-state index is 2.73. The Kier molecular flexibility index (Phi) is 30.1. The molecular weight excluding hydrogens is 579 g/mol. The summed E-state index contributed by atoms with van der Waals surface area (Å²) in [6.45, 7) is 25.8. The van der Waals surface area contributed by atoms with Crippen LogP contribution in [0.15, 0.2) is 72.5 Å². The van der Waals surface area contributed by atoms with E-state index in [-0.39, 0.29) is 0 Å². The maximum Gasteiger partial charge on any atom is 0.0473 e. The third kappa shape index (κ3) is 19.4. The first-order valence-corrected chi connectivity index (χ1v) is 21.3. The van der Waals surface area contributed by atoms with Crippen LogP contribution in [-0.4, -0.2) is 17.5 Å². The predicted octanol–water partition coefficient (Wildman–Crippen LogP) is 15.5. The first kappa shape index (κ1) is 46.2. The molecule has 0 fully saturated rings. The van der Waals surface area contributed by atoms with Gasteiger partial charge in [0.2, 0.25) is 0 Å². The van der Waals surface area contributed by atoms with Crippen molar-refractivity contribution < 1.29 is 0 Å². The quantitative estimate of drug-likeness (QED) is 0.0925. The fourth-order valence-corrected chi connectivity index (χ4v) is 7.40. The van der Waals surface area contributed by atoms with Gasteiger partial charge in [-0.15, -0.1) is 0 Å². The molecule has 3 rings (SSSR count). The minimum absolute atomic E-state index is 0.490. The largest absolute Gasteiger partial charge is 0.365 e. The number of allylic oxidation sites excluding steroid dienone is 9. The number of nitrogens with zero attached hydrogens (tertiary/aromatic N) is 1. The lowest BCUT2D eigenvalue weighted by Gasteiger charge is -2.37. The molecule has 0 aromatic carbocycles. The fraction of sp³-hybridized carbons (Fsp3) is 0.745. The SMILES string of the molecule is C1=CCCC1.CC.CC.CCCCC(C)C(CCCC)C(/C=C\CC/C=C\C(CCC)N(CC1C=CCCC1C)C1=CC(C)C=C1)CC. The van der Waals surface area contributed by atoms with Crippen LogP contribution < -0.4 is 0 Å². The van der Waals surface area contributed by atoms with Crippen molar-refractivity contribution >= 4 is 0 Å². The molecule has 0 N–H and O–H groups in total. The highest BCUT2D eigenvalue weighted by molar-refractivity contribution is 5.29. The summed E-state index contributed by atoms with van der Waals surface area (Å²) in [5.41, 5.74) is 1.44. The standard InChI is InChI=1S/C38H65N.C5H8.2C2H6/c1-8-12-21-33(7)38(26-13-9-2)34(11-4)23-16-14-15-17-25-36(20-10-3)39(37-28-27-31(5)29-37)30-35-24-19-18-22-32(35)6;1-2-4-5-3-1;2*1-2/h16-17,19,23-25,27-29,31-36,38H,8-15,18,20-22,26,30H2,1-7H3;1-2H,3-5H2;2*1-2H3/b23-16-,25-17-;;;. The molecule has 0 amide bonds. The molecule has 0 saturated heterocycles. The Hall–Kier alpha value is -1.76. The Balaban J connectivity index is 0.00000216. The summed E-state index contributed by atoms with van der Waals surface area (Å²) < 4.78 is 0. The molecule has 1 nitrogen and oxygen atoms in total. The number of rotatable bonds is 20. The molecule has 0 bridgehead atoms. The molecule has 0 saturated carbocycles. The molecule has 0 radical (unpaired) electrons.